The standard InChI is InChI=1S/C15H23ClN2O4/c1-4-5-6-18(7-8-19)15(20)17-12-10-13(21-2)11(16)9-14(12)22-3/h9-10,19H,4-8H2,1-3H3,(H,17,20). The van der Waals surface area contributed by atoms with Crippen molar-refractivity contribution in [1.82, 2.24) is 4.90 Å². The fourth-order valence-electron chi connectivity index (χ4n) is 1.94. The first kappa shape index (κ1) is 18.4. The van der Waals surface area contributed by atoms with Crippen LogP contribution in [-0.2, 0) is 0 Å². The second-order valence-corrected chi connectivity index (χ2v) is 5.09. The van der Waals surface area contributed by atoms with Crippen LogP contribution in [0.2, 0.25) is 5.02 Å². The van der Waals surface area contributed by atoms with Crippen molar-refractivity contribution in [3.63, 3.8) is 0 Å². The van der Waals surface area contributed by atoms with Crippen molar-refractivity contribution in [3.05, 3.63) is 17.2 Å². The normalized spacial score (nSPS) is 10.2. The predicted molar refractivity (Wildman–Crippen MR) is 87.1 cm³/mol. The van der Waals surface area contributed by atoms with Crippen LogP contribution in [-0.4, -0.2) is 50.0 Å². The average Bonchev–Trinajstić information content (AvgIpc) is 2.52. The van der Waals surface area contributed by atoms with E-state index in [2.05, 4.69) is 5.32 Å². The van der Waals surface area contributed by atoms with E-state index in [0.29, 0.717) is 28.8 Å². The molecule has 0 aromatic heterocycles. The van der Waals surface area contributed by atoms with Crippen LogP contribution in [0.4, 0.5) is 10.5 Å². The summed E-state index contributed by atoms with van der Waals surface area (Å²) < 4.78 is 10.4. The third-order valence-corrected chi connectivity index (χ3v) is 3.45. The largest absolute Gasteiger partial charge is 0.495 e. The second-order valence-electron chi connectivity index (χ2n) is 4.68. The van der Waals surface area contributed by atoms with Crippen LogP contribution in [0.15, 0.2) is 12.1 Å². The number of ether oxygens (including phenoxy) is 2. The Kier molecular flexibility index (Phi) is 7.84. The first-order valence-corrected chi connectivity index (χ1v) is 7.53. The number of rotatable bonds is 8. The molecule has 2 amide bonds. The Morgan fingerprint density at radius 2 is 1.95 bits per heavy atom. The number of carbonyl (C=O) groups is 1. The molecule has 0 saturated carbocycles. The lowest BCUT2D eigenvalue weighted by Crippen LogP contribution is -2.37. The molecule has 0 heterocycles. The smallest absolute Gasteiger partial charge is 0.322 e. The van der Waals surface area contributed by atoms with Gasteiger partial charge in [0, 0.05) is 25.2 Å². The van der Waals surface area contributed by atoms with Gasteiger partial charge in [-0.2, -0.15) is 0 Å². The van der Waals surface area contributed by atoms with Gasteiger partial charge in [0.15, 0.2) is 0 Å². The highest BCUT2D eigenvalue weighted by atomic mass is 35.5. The Morgan fingerprint density at radius 1 is 1.27 bits per heavy atom. The summed E-state index contributed by atoms with van der Waals surface area (Å²) in [5.41, 5.74) is 0.466. The summed E-state index contributed by atoms with van der Waals surface area (Å²) in [6.45, 7) is 2.81. The summed E-state index contributed by atoms with van der Waals surface area (Å²) in [5, 5.41) is 12.3. The molecule has 7 heteroatoms. The Labute approximate surface area is 136 Å². The number of benzene rings is 1. The van der Waals surface area contributed by atoms with Gasteiger partial charge >= 0.3 is 6.03 Å². The number of methoxy groups -OCH3 is 2. The minimum absolute atomic E-state index is 0.0851. The van der Waals surface area contributed by atoms with E-state index in [9.17, 15) is 4.79 Å². The van der Waals surface area contributed by atoms with Crippen molar-refractivity contribution in [2.75, 3.05) is 39.2 Å². The molecule has 0 unspecified atom stereocenters. The lowest BCUT2D eigenvalue weighted by atomic mass is 10.2. The highest BCUT2D eigenvalue weighted by Gasteiger charge is 2.16. The maximum atomic E-state index is 12.3. The lowest BCUT2D eigenvalue weighted by molar-refractivity contribution is 0.187. The number of aliphatic hydroxyl groups excluding tert-OH is 1. The van der Waals surface area contributed by atoms with Gasteiger partial charge in [-0.15, -0.1) is 0 Å². The van der Waals surface area contributed by atoms with Crippen LogP contribution >= 0.6 is 11.6 Å². The van der Waals surface area contributed by atoms with Crippen LogP contribution in [0.25, 0.3) is 0 Å². The van der Waals surface area contributed by atoms with Gasteiger partial charge in [0.05, 0.1) is 31.5 Å². The molecule has 0 fully saturated rings. The summed E-state index contributed by atoms with van der Waals surface area (Å²) in [7, 11) is 3.00. The van der Waals surface area contributed by atoms with Crippen molar-refractivity contribution < 1.29 is 19.4 Å². The van der Waals surface area contributed by atoms with Gasteiger partial charge < -0.3 is 24.8 Å². The topological polar surface area (TPSA) is 71.0 Å². The molecule has 6 nitrogen and oxygen atoms in total. The number of aliphatic hydroxyl groups is 1. The van der Waals surface area contributed by atoms with E-state index in [-0.39, 0.29) is 19.2 Å². The Bertz CT molecular complexity index is 497. The van der Waals surface area contributed by atoms with Crippen molar-refractivity contribution in [2.45, 2.75) is 19.8 Å². The molecule has 2 N–H and O–H groups in total. The SMILES string of the molecule is CCCCN(CCO)C(=O)Nc1cc(OC)c(Cl)cc1OC. The molecule has 0 saturated heterocycles. The van der Waals surface area contributed by atoms with E-state index in [4.69, 9.17) is 26.2 Å². The van der Waals surface area contributed by atoms with Crippen molar-refractivity contribution in [1.29, 1.82) is 0 Å². The maximum absolute atomic E-state index is 12.3. The number of halogens is 1. The second kappa shape index (κ2) is 9.38. The monoisotopic (exact) mass is 330 g/mol. The first-order valence-electron chi connectivity index (χ1n) is 7.15. The Hall–Kier alpha value is -1.66. The number of hydrogen-bond donors (Lipinski definition) is 2. The number of nitrogens with zero attached hydrogens (tertiary/aromatic N) is 1. The third-order valence-electron chi connectivity index (χ3n) is 3.15. The number of amides is 2. The fraction of sp³-hybridized carbons (Fsp3) is 0.533. The minimum Gasteiger partial charge on any atom is -0.495 e. The highest BCUT2D eigenvalue weighted by Crippen LogP contribution is 2.35. The van der Waals surface area contributed by atoms with Gasteiger partial charge in [0.1, 0.15) is 11.5 Å². The molecule has 0 aliphatic carbocycles. The van der Waals surface area contributed by atoms with Gasteiger partial charge in [0.25, 0.3) is 0 Å². The van der Waals surface area contributed by atoms with Gasteiger partial charge in [-0.05, 0) is 6.42 Å². The number of unbranched alkanes of at least 4 members (excludes halogenated alkanes) is 1. The molecule has 0 bridgehead atoms. The van der Waals surface area contributed by atoms with Gasteiger partial charge in [-0.3, -0.25) is 0 Å². The van der Waals surface area contributed by atoms with E-state index in [0.717, 1.165) is 12.8 Å². The van der Waals surface area contributed by atoms with Crippen molar-refractivity contribution in [3.8, 4) is 11.5 Å². The number of urea groups is 1. The molecule has 1 rings (SSSR count). The van der Waals surface area contributed by atoms with E-state index in [1.54, 1.807) is 17.0 Å². The molecule has 124 valence electrons. The van der Waals surface area contributed by atoms with Crippen LogP contribution in [0.1, 0.15) is 19.8 Å². The number of carbonyl (C=O) groups excluding carboxylic acids is 1. The predicted octanol–water partition coefficient (Wildman–Crippen LogP) is 2.98. The summed E-state index contributed by atoms with van der Waals surface area (Å²) in [6.07, 6.45) is 1.84. The van der Waals surface area contributed by atoms with E-state index >= 15 is 0 Å². The quantitative estimate of drug-likeness (QED) is 0.768. The molecule has 0 radical (unpaired) electrons. The maximum Gasteiger partial charge on any atom is 0.322 e. The molecule has 1 aromatic rings. The zero-order valence-electron chi connectivity index (χ0n) is 13.2. The van der Waals surface area contributed by atoms with Crippen LogP contribution in [0, 0.1) is 0 Å². The average molecular weight is 331 g/mol. The zero-order chi connectivity index (χ0) is 16.5. The van der Waals surface area contributed by atoms with Crippen LogP contribution < -0.4 is 14.8 Å². The number of hydrogen-bond acceptors (Lipinski definition) is 4. The summed E-state index contributed by atoms with van der Waals surface area (Å²) >= 11 is 6.04. The fourth-order valence-corrected chi connectivity index (χ4v) is 2.17. The molecule has 0 atom stereocenters. The third kappa shape index (κ3) is 4.96. The molecular formula is C15H23ClN2O4. The summed E-state index contributed by atoms with van der Waals surface area (Å²) in [6, 6.07) is 2.89. The number of nitrogens with one attached hydrogen (secondary N) is 1. The number of anilines is 1. The summed E-state index contributed by atoms with van der Waals surface area (Å²) in [5.74, 6) is 0.888. The minimum atomic E-state index is -0.301. The lowest BCUT2D eigenvalue weighted by Gasteiger charge is -2.23. The highest BCUT2D eigenvalue weighted by molar-refractivity contribution is 6.32. The van der Waals surface area contributed by atoms with E-state index in [1.165, 1.54) is 14.2 Å². The van der Waals surface area contributed by atoms with Gasteiger partial charge in [0.2, 0.25) is 0 Å². The van der Waals surface area contributed by atoms with Crippen molar-refractivity contribution in [2.24, 2.45) is 0 Å². The molecular weight excluding hydrogens is 308 g/mol. The summed E-state index contributed by atoms with van der Waals surface area (Å²) in [4.78, 5) is 13.9. The Morgan fingerprint density at radius 3 is 2.50 bits per heavy atom. The Balaban J connectivity index is 2.93. The molecule has 22 heavy (non-hydrogen) atoms. The van der Waals surface area contributed by atoms with Crippen LogP contribution in [0.5, 0.6) is 11.5 Å². The van der Waals surface area contributed by atoms with Crippen molar-refractivity contribution >= 4 is 23.3 Å². The molecule has 0 aliphatic heterocycles. The molecule has 0 spiro atoms. The van der Waals surface area contributed by atoms with E-state index in [1.807, 2.05) is 6.92 Å². The first-order chi connectivity index (χ1) is 10.6. The van der Waals surface area contributed by atoms with E-state index < -0.39 is 0 Å². The molecule has 0 aliphatic rings. The van der Waals surface area contributed by atoms with Gasteiger partial charge in [-0.25, -0.2) is 4.79 Å². The zero-order valence-corrected chi connectivity index (χ0v) is 13.9. The van der Waals surface area contributed by atoms with Crippen LogP contribution in [0.3, 0.4) is 0 Å². The van der Waals surface area contributed by atoms with Gasteiger partial charge in [-0.1, -0.05) is 24.9 Å². The molecule has 1 aromatic carbocycles.